The highest BCUT2D eigenvalue weighted by atomic mass is 16.2. The van der Waals surface area contributed by atoms with E-state index in [1.807, 2.05) is 37.3 Å². The van der Waals surface area contributed by atoms with Gasteiger partial charge >= 0.3 is 0 Å². The van der Waals surface area contributed by atoms with Gasteiger partial charge in [-0.2, -0.15) is 0 Å². The van der Waals surface area contributed by atoms with Crippen molar-refractivity contribution in [2.24, 2.45) is 23.3 Å². The minimum atomic E-state index is -0.279. The molecule has 0 heterocycles. The van der Waals surface area contributed by atoms with E-state index in [-0.39, 0.29) is 23.9 Å². The van der Waals surface area contributed by atoms with Crippen molar-refractivity contribution in [1.82, 2.24) is 5.32 Å². The van der Waals surface area contributed by atoms with Gasteiger partial charge in [-0.05, 0) is 24.3 Å². The predicted octanol–water partition coefficient (Wildman–Crippen LogP) is 1.18. The van der Waals surface area contributed by atoms with Crippen molar-refractivity contribution >= 4 is 5.91 Å². The zero-order valence-electron chi connectivity index (χ0n) is 11.4. The van der Waals surface area contributed by atoms with Crippen molar-refractivity contribution in [3.05, 3.63) is 35.9 Å². The molecule has 2 rings (SSSR count). The van der Waals surface area contributed by atoms with E-state index in [0.717, 1.165) is 5.56 Å². The summed E-state index contributed by atoms with van der Waals surface area (Å²) in [5, 5.41) is 3.04. The molecule has 0 aromatic heterocycles. The Morgan fingerprint density at radius 1 is 1.37 bits per heavy atom. The highest BCUT2D eigenvalue weighted by Gasteiger charge is 2.33. The second kappa shape index (κ2) is 6.17. The molecule has 1 aromatic carbocycles. The summed E-state index contributed by atoms with van der Waals surface area (Å²) in [4.78, 5) is 12.2. The van der Waals surface area contributed by atoms with Gasteiger partial charge in [0.25, 0.3) is 0 Å². The fourth-order valence-electron chi connectivity index (χ4n) is 2.31. The number of hydrogen-bond donors (Lipinski definition) is 3. The smallest absolute Gasteiger partial charge is 0.225 e. The fourth-order valence-corrected chi connectivity index (χ4v) is 2.31. The van der Waals surface area contributed by atoms with Crippen LogP contribution >= 0.6 is 0 Å². The van der Waals surface area contributed by atoms with Gasteiger partial charge in [0.05, 0.1) is 5.92 Å². The zero-order valence-corrected chi connectivity index (χ0v) is 11.4. The van der Waals surface area contributed by atoms with Crippen LogP contribution in [-0.2, 0) is 4.79 Å². The van der Waals surface area contributed by atoms with E-state index in [1.165, 1.54) is 12.8 Å². The Bertz CT molecular complexity index is 417. The predicted molar refractivity (Wildman–Crippen MR) is 76.2 cm³/mol. The number of hydrogen-bond acceptors (Lipinski definition) is 3. The summed E-state index contributed by atoms with van der Waals surface area (Å²) in [5.41, 5.74) is 12.8. The van der Waals surface area contributed by atoms with E-state index in [1.54, 1.807) is 0 Å². The molecule has 1 aliphatic rings. The Morgan fingerprint density at radius 3 is 2.53 bits per heavy atom. The third-order valence-corrected chi connectivity index (χ3v) is 3.91. The highest BCUT2D eigenvalue weighted by Crippen LogP contribution is 2.32. The van der Waals surface area contributed by atoms with Crippen LogP contribution in [0.2, 0.25) is 0 Å². The third-order valence-electron chi connectivity index (χ3n) is 3.91. The van der Waals surface area contributed by atoms with Crippen molar-refractivity contribution < 1.29 is 4.79 Å². The van der Waals surface area contributed by atoms with Gasteiger partial charge in [0.2, 0.25) is 5.91 Å². The summed E-state index contributed by atoms with van der Waals surface area (Å²) in [6.45, 7) is 2.37. The molecule has 4 heteroatoms. The molecule has 5 N–H and O–H groups in total. The summed E-state index contributed by atoms with van der Waals surface area (Å²) in [7, 11) is 0. The number of rotatable bonds is 6. The van der Waals surface area contributed by atoms with Crippen LogP contribution in [0.1, 0.15) is 31.4 Å². The van der Waals surface area contributed by atoms with Crippen molar-refractivity contribution in [3.8, 4) is 0 Å². The lowest BCUT2D eigenvalue weighted by molar-refractivity contribution is -0.126. The molecule has 1 fully saturated rings. The van der Waals surface area contributed by atoms with E-state index in [0.29, 0.717) is 12.5 Å². The van der Waals surface area contributed by atoms with Crippen LogP contribution in [-0.4, -0.2) is 18.5 Å². The lowest BCUT2D eigenvalue weighted by Gasteiger charge is -2.23. The Kier molecular flexibility index (Phi) is 4.56. The van der Waals surface area contributed by atoms with E-state index < -0.39 is 0 Å². The van der Waals surface area contributed by atoms with Crippen LogP contribution in [0, 0.1) is 11.8 Å². The summed E-state index contributed by atoms with van der Waals surface area (Å²) in [5.74, 6) is 0.308. The second-order valence-electron chi connectivity index (χ2n) is 5.41. The first-order chi connectivity index (χ1) is 9.13. The minimum absolute atomic E-state index is 0.00120. The van der Waals surface area contributed by atoms with Gasteiger partial charge < -0.3 is 16.8 Å². The molecule has 104 valence electrons. The third kappa shape index (κ3) is 3.55. The van der Waals surface area contributed by atoms with Crippen molar-refractivity contribution in [2.75, 3.05) is 6.54 Å². The molecular weight excluding hydrogens is 238 g/mol. The summed E-state index contributed by atoms with van der Waals surface area (Å²) in [6.07, 6.45) is 2.34. The average molecular weight is 261 g/mol. The minimum Gasteiger partial charge on any atom is -0.352 e. The topological polar surface area (TPSA) is 81.1 Å². The Balaban J connectivity index is 1.94. The molecule has 19 heavy (non-hydrogen) atoms. The van der Waals surface area contributed by atoms with Crippen molar-refractivity contribution in [3.63, 3.8) is 0 Å². The molecule has 0 radical (unpaired) electrons. The molecule has 0 spiro atoms. The van der Waals surface area contributed by atoms with Crippen LogP contribution in [0.3, 0.4) is 0 Å². The summed E-state index contributed by atoms with van der Waals surface area (Å²) >= 11 is 0. The molecule has 1 aliphatic carbocycles. The Labute approximate surface area is 114 Å². The molecule has 0 saturated heterocycles. The van der Waals surface area contributed by atoms with Gasteiger partial charge in [-0.15, -0.1) is 0 Å². The fraction of sp³-hybridized carbons (Fsp3) is 0.533. The maximum Gasteiger partial charge on any atom is 0.225 e. The van der Waals surface area contributed by atoms with Crippen LogP contribution in [0.4, 0.5) is 0 Å². The standard InChI is InChI=1S/C15H23N3O/c1-10(14(17)12-5-3-2-4-6-12)15(19)18-13(9-16)11-7-8-11/h2-6,10-11,13-14H,7-9,16-17H2,1H3,(H,18,19). The summed E-state index contributed by atoms with van der Waals surface area (Å²) in [6, 6.07) is 9.56. The van der Waals surface area contributed by atoms with E-state index in [2.05, 4.69) is 5.32 Å². The first kappa shape index (κ1) is 14.0. The monoisotopic (exact) mass is 261 g/mol. The SMILES string of the molecule is CC(C(=O)NC(CN)C1CC1)C(N)c1ccccc1. The van der Waals surface area contributed by atoms with E-state index in [4.69, 9.17) is 11.5 Å². The molecule has 3 unspecified atom stereocenters. The first-order valence-electron chi connectivity index (χ1n) is 6.94. The maximum atomic E-state index is 12.2. The largest absolute Gasteiger partial charge is 0.352 e. The average Bonchev–Trinajstić information content (AvgIpc) is 3.28. The van der Waals surface area contributed by atoms with Crippen molar-refractivity contribution in [2.45, 2.75) is 31.8 Å². The molecule has 1 saturated carbocycles. The number of carbonyl (C=O) groups is 1. The van der Waals surface area contributed by atoms with Crippen LogP contribution in [0.25, 0.3) is 0 Å². The lowest BCUT2D eigenvalue weighted by Crippen LogP contribution is -2.45. The van der Waals surface area contributed by atoms with Gasteiger partial charge in [-0.1, -0.05) is 37.3 Å². The number of nitrogens with one attached hydrogen (secondary N) is 1. The van der Waals surface area contributed by atoms with Gasteiger partial charge in [-0.3, -0.25) is 4.79 Å². The second-order valence-corrected chi connectivity index (χ2v) is 5.41. The van der Waals surface area contributed by atoms with Crippen LogP contribution in [0.15, 0.2) is 30.3 Å². The van der Waals surface area contributed by atoms with Crippen molar-refractivity contribution in [1.29, 1.82) is 0 Å². The number of amides is 1. The van der Waals surface area contributed by atoms with E-state index >= 15 is 0 Å². The van der Waals surface area contributed by atoms with Crippen LogP contribution in [0.5, 0.6) is 0 Å². The molecule has 4 nitrogen and oxygen atoms in total. The van der Waals surface area contributed by atoms with Gasteiger partial charge in [0, 0.05) is 18.6 Å². The van der Waals surface area contributed by atoms with Gasteiger partial charge in [0.15, 0.2) is 0 Å². The molecule has 0 bridgehead atoms. The molecule has 1 aromatic rings. The molecule has 3 atom stereocenters. The lowest BCUT2D eigenvalue weighted by atomic mass is 9.94. The highest BCUT2D eigenvalue weighted by molar-refractivity contribution is 5.79. The first-order valence-corrected chi connectivity index (χ1v) is 6.94. The van der Waals surface area contributed by atoms with Crippen LogP contribution < -0.4 is 16.8 Å². The quantitative estimate of drug-likeness (QED) is 0.719. The Hall–Kier alpha value is -1.39. The van der Waals surface area contributed by atoms with Gasteiger partial charge in [0.1, 0.15) is 0 Å². The normalized spacial score (nSPS) is 19.5. The summed E-state index contributed by atoms with van der Waals surface area (Å²) < 4.78 is 0. The number of benzene rings is 1. The molecular formula is C15H23N3O. The zero-order chi connectivity index (χ0) is 13.8. The van der Waals surface area contributed by atoms with E-state index in [9.17, 15) is 4.79 Å². The maximum absolute atomic E-state index is 12.2. The van der Waals surface area contributed by atoms with Gasteiger partial charge in [-0.25, -0.2) is 0 Å². The Morgan fingerprint density at radius 2 is 2.00 bits per heavy atom. The number of carbonyl (C=O) groups excluding carboxylic acids is 1. The number of nitrogens with two attached hydrogens (primary N) is 2. The molecule has 1 amide bonds. The molecule has 0 aliphatic heterocycles.